The second-order valence-corrected chi connectivity index (χ2v) is 4.75. The van der Waals surface area contributed by atoms with Gasteiger partial charge in [-0.3, -0.25) is 4.79 Å². The summed E-state index contributed by atoms with van der Waals surface area (Å²) in [5.74, 6) is -0.193. The molecule has 2 heterocycles. The topological polar surface area (TPSA) is 65.8 Å². The Balaban J connectivity index is 2.04. The lowest BCUT2D eigenvalue weighted by molar-refractivity contribution is 0.0951. The summed E-state index contributed by atoms with van der Waals surface area (Å²) in [6, 6.07) is 7.01. The number of nitrogens with zero attached hydrogens (tertiary/aromatic N) is 2. The summed E-state index contributed by atoms with van der Waals surface area (Å²) < 4.78 is 0. The van der Waals surface area contributed by atoms with E-state index in [0.29, 0.717) is 12.1 Å². The van der Waals surface area contributed by atoms with Crippen LogP contribution in [0.3, 0.4) is 0 Å². The zero-order chi connectivity index (χ0) is 13.0. The summed E-state index contributed by atoms with van der Waals surface area (Å²) in [5.41, 5.74) is 1.87. The predicted molar refractivity (Wildman–Crippen MR) is 69.2 cm³/mol. The van der Waals surface area contributed by atoms with Crippen LogP contribution in [0.15, 0.2) is 29.8 Å². The van der Waals surface area contributed by atoms with Crippen molar-refractivity contribution in [2.24, 2.45) is 0 Å². The zero-order valence-electron chi connectivity index (χ0n) is 9.80. The molecule has 0 aliphatic carbocycles. The molecule has 0 fully saturated rings. The molecule has 18 heavy (non-hydrogen) atoms. The van der Waals surface area contributed by atoms with Crippen LogP contribution in [0.4, 0.5) is 0 Å². The molecule has 0 saturated heterocycles. The molecule has 0 bridgehead atoms. The molecule has 5 heteroatoms. The molecule has 2 rings (SSSR count). The summed E-state index contributed by atoms with van der Waals surface area (Å²) in [6.07, 6.45) is 1.46. The Morgan fingerprint density at radius 2 is 2.39 bits per heavy atom. The highest BCUT2D eigenvalue weighted by molar-refractivity contribution is 7.10. The Morgan fingerprint density at radius 1 is 1.56 bits per heavy atom. The van der Waals surface area contributed by atoms with Gasteiger partial charge in [-0.05, 0) is 36.1 Å². The van der Waals surface area contributed by atoms with E-state index in [-0.39, 0.29) is 11.6 Å². The van der Waals surface area contributed by atoms with E-state index in [1.54, 1.807) is 17.4 Å². The van der Waals surface area contributed by atoms with E-state index in [9.17, 15) is 4.79 Å². The number of hydrogen-bond donors (Lipinski definition) is 1. The van der Waals surface area contributed by atoms with Crippen LogP contribution in [-0.2, 0) is 6.54 Å². The minimum Gasteiger partial charge on any atom is -0.347 e. The van der Waals surface area contributed by atoms with E-state index in [0.717, 1.165) is 4.88 Å². The molecule has 2 aromatic rings. The number of hydrogen-bond acceptors (Lipinski definition) is 4. The van der Waals surface area contributed by atoms with Crippen molar-refractivity contribution < 1.29 is 4.79 Å². The number of thiophene rings is 1. The highest BCUT2D eigenvalue weighted by atomic mass is 32.1. The SMILES string of the molecule is Cc1ccsc1CNC(=O)c1ccnc(C#N)c1. The average molecular weight is 257 g/mol. The van der Waals surface area contributed by atoms with Crippen molar-refractivity contribution in [3.05, 3.63) is 51.5 Å². The van der Waals surface area contributed by atoms with Crippen molar-refractivity contribution >= 4 is 17.2 Å². The maximum Gasteiger partial charge on any atom is 0.251 e. The third kappa shape index (κ3) is 2.73. The van der Waals surface area contributed by atoms with E-state index in [4.69, 9.17) is 5.26 Å². The van der Waals surface area contributed by atoms with Crippen molar-refractivity contribution in [3.8, 4) is 6.07 Å². The van der Waals surface area contributed by atoms with Crippen LogP contribution < -0.4 is 5.32 Å². The van der Waals surface area contributed by atoms with Gasteiger partial charge in [0.15, 0.2) is 0 Å². The molecule has 0 saturated carbocycles. The number of aromatic nitrogens is 1. The van der Waals surface area contributed by atoms with Gasteiger partial charge in [0.25, 0.3) is 5.91 Å². The Morgan fingerprint density at radius 3 is 3.06 bits per heavy atom. The van der Waals surface area contributed by atoms with Gasteiger partial charge in [0, 0.05) is 16.6 Å². The van der Waals surface area contributed by atoms with Crippen molar-refractivity contribution in [2.75, 3.05) is 0 Å². The second kappa shape index (κ2) is 5.43. The molecule has 4 nitrogen and oxygen atoms in total. The third-order valence-corrected chi connectivity index (χ3v) is 3.54. The lowest BCUT2D eigenvalue weighted by Crippen LogP contribution is -2.22. The summed E-state index contributed by atoms with van der Waals surface area (Å²) in [7, 11) is 0. The van der Waals surface area contributed by atoms with Gasteiger partial charge in [0.05, 0.1) is 6.54 Å². The van der Waals surface area contributed by atoms with Gasteiger partial charge in [-0.25, -0.2) is 4.98 Å². The molecule has 0 aliphatic rings. The Hall–Kier alpha value is -2.19. The second-order valence-electron chi connectivity index (χ2n) is 3.75. The van der Waals surface area contributed by atoms with Crippen LogP contribution >= 0.6 is 11.3 Å². The fraction of sp³-hybridized carbons (Fsp3) is 0.154. The lowest BCUT2D eigenvalue weighted by Gasteiger charge is -2.04. The molecule has 2 aromatic heterocycles. The van der Waals surface area contributed by atoms with Gasteiger partial charge < -0.3 is 5.32 Å². The monoisotopic (exact) mass is 257 g/mol. The maximum atomic E-state index is 11.9. The standard InChI is InChI=1S/C13H11N3OS/c1-9-3-5-18-12(9)8-16-13(17)10-2-4-15-11(6-10)7-14/h2-6H,8H2,1H3,(H,16,17). The molecule has 90 valence electrons. The summed E-state index contributed by atoms with van der Waals surface area (Å²) in [4.78, 5) is 16.8. The number of nitrogens with one attached hydrogen (secondary N) is 1. The molecular formula is C13H11N3OS. The molecule has 0 aliphatic heterocycles. The molecule has 0 radical (unpaired) electrons. The Labute approximate surface area is 109 Å². The first-order valence-electron chi connectivity index (χ1n) is 5.38. The Kier molecular flexibility index (Phi) is 3.70. The smallest absolute Gasteiger partial charge is 0.251 e. The maximum absolute atomic E-state index is 11.9. The van der Waals surface area contributed by atoms with Crippen LogP contribution in [0.25, 0.3) is 0 Å². The van der Waals surface area contributed by atoms with Crippen LogP contribution in [0.2, 0.25) is 0 Å². The molecular weight excluding hydrogens is 246 g/mol. The number of carbonyl (C=O) groups is 1. The molecule has 1 N–H and O–H groups in total. The van der Waals surface area contributed by atoms with Gasteiger partial charge in [0.2, 0.25) is 0 Å². The van der Waals surface area contributed by atoms with Crippen LogP contribution in [-0.4, -0.2) is 10.9 Å². The van der Waals surface area contributed by atoms with Gasteiger partial charge in [-0.2, -0.15) is 5.26 Å². The molecule has 0 unspecified atom stereocenters. The fourth-order valence-corrected chi connectivity index (χ4v) is 2.33. The van der Waals surface area contributed by atoms with E-state index < -0.39 is 0 Å². The molecule has 0 spiro atoms. The van der Waals surface area contributed by atoms with Gasteiger partial charge >= 0.3 is 0 Å². The fourth-order valence-electron chi connectivity index (χ4n) is 1.48. The first kappa shape index (κ1) is 12.3. The highest BCUT2D eigenvalue weighted by Gasteiger charge is 2.07. The van der Waals surface area contributed by atoms with E-state index in [1.165, 1.54) is 17.8 Å². The minimum absolute atomic E-state index is 0.193. The zero-order valence-corrected chi connectivity index (χ0v) is 10.6. The van der Waals surface area contributed by atoms with Crippen LogP contribution in [0.1, 0.15) is 26.5 Å². The van der Waals surface area contributed by atoms with Crippen molar-refractivity contribution in [1.29, 1.82) is 5.26 Å². The van der Waals surface area contributed by atoms with Crippen molar-refractivity contribution in [2.45, 2.75) is 13.5 Å². The van der Waals surface area contributed by atoms with Crippen molar-refractivity contribution in [1.82, 2.24) is 10.3 Å². The lowest BCUT2D eigenvalue weighted by atomic mass is 10.2. The number of pyridine rings is 1. The van der Waals surface area contributed by atoms with Crippen molar-refractivity contribution in [3.63, 3.8) is 0 Å². The normalized spacial score (nSPS) is 9.78. The van der Waals surface area contributed by atoms with Crippen LogP contribution in [0.5, 0.6) is 0 Å². The quantitative estimate of drug-likeness (QED) is 0.917. The first-order chi connectivity index (χ1) is 8.70. The van der Waals surface area contributed by atoms with Gasteiger partial charge in [-0.15, -0.1) is 11.3 Å². The van der Waals surface area contributed by atoms with E-state index >= 15 is 0 Å². The number of aryl methyl sites for hydroxylation is 1. The van der Waals surface area contributed by atoms with Crippen LogP contribution in [0, 0.1) is 18.3 Å². The number of rotatable bonds is 3. The molecule has 0 aromatic carbocycles. The summed E-state index contributed by atoms with van der Waals surface area (Å²) in [6.45, 7) is 2.52. The molecule has 0 atom stereocenters. The summed E-state index contributed by atoms with van der Waals surface area (Å²) >= 11 is 1.61. The Bertz CT molecular complexity index is 613. The summed E-state index contributed by atoms with van der Waals surface area (Å²) in [5, 5.41) is 13.5. The van der Waals surface area contributed by atoms with E-state index in [2.05, 4.69) is 10.3 Å². The van der Waals surface area contributed by atoms with E-state index in [1.807, 2.05) is 24.4 Å². The third-order valence-electron chi connectivity index (χ3n) is 2.51. The number of nitriles is 1. The van der Waals surface area contributed by atoms with Gasteiger partial charge in [0.1, 0.15) is 11.8 Å². The first-order valence-corrected chi connectivity index (χ1v) is 6.26. The van der Waals surface area contributed by atoms with Gasteiger partial charge in [-0.1, -0.05) is 0 Å². The molecule has 1 amide bonds. The number of carbonyl (C=O) groups excluding carboxylic acids is 1. The number of amides is 1. The highest BCUT2D eigenvalue weighted by Crippen LogP contribution is 2.15. The average Bonchev–Trinajstić information content (AvgIpc) is 2.81. The largest absolute Gasteiger partial charge is 0.347 e. The minimum atomic E-state index is -0.193. The predicted octanol–water partition coefficient (Wildman–Crippen LogP) is 2.25.